The van der Waals surface area contributed by atoms with Gasteiger partial charge in [-0.3, -0.25) is 19.7 Å². The van der Waals surface area contributed by atoms with Crippen LogP contribution in [0.3, 0.4) is 0 Å². The second kappa shape index (κ2) is 9.75. The SMILES string of the molecule is CN(C)CC#Cc1cc(C(=O)c2cccc(NC(=O)Nc3cc(C4CC4)nn3C)c2)c2c(N)ncnn12. The van der Waals surface area contributed by atoms with Crippen LogP contribution in [0.1, 0.15) is 46.1 Å². The van der Waals surface area contributed by atoms with Crippen molar-refractivity contribution in [1.82, 2.24) is 29.3 Å². The number of hydrogen-bond donors (Lipinski definition) is 3. The molecule has 11 heteroatoms. The van der Waals surface area contributed by atoms with Gasteiger partial charge in [-0.25, -0.2) is 14.3 Å². The highest BCUT2D eigenvalue weighted by Crippen LogP contribution is 2.39. The zero-order chi connectivity index (χ0) is 26.1. The van der Waals surface area contributed by atoms with Gasteiger partial charge in [0.2, 0.25) is 0 Å². The van der Waals surface area contributed by atoms with Crippen LogP contribution in [0.15, 0.2) is 42.7 Å². The van der Waals surface area contributed by atoms with Gasteiger partial charge in [0.1, 0.15) is 23.4 Å². The second-order valence-corrected chi connectivity index (χ2v) is 9.23. The van der Waals surface area contributed by atoms with Crippen molar-refractivity contribution in [2.45, 2.75) is 18.8 Å². The fourth-order valence-electron chi connectivity index (χ4n) is 3.98. The molecular formula is C26H27N9O2. The number of nitrogens with one attached hydrogen (secondary N) is 2. The highest BCUT2D eigenvalue weighted by molar-refractivity contribution is 6.15. The summed E-state index contributed by atoms with van der Waals surface area (Å²) < 4.78 is 3.18. The molecule has 0 aliphatic heterocycles. The molecule has 0 radical (unpaired) electrons. The molecule has 11 nitrogen and oxygen atoms in total. The highest BCUT2D eigenvalue weighted by atomic mass is 16.2. The molecule has 5 rings (SSSR count). The maximum Gasteiger partial charge on any atom is 0.324 e. The van der Waals surface area contributed by atoms with Gasteiger partial charge in [-0.15, -0.1) is 0 Å². The third-order valence-electron chi connectivity index (χ3n) is 5.96. The molecule has 1 aliphatic rings. The van der Waals surface area contributed by atoms with Crippen LogP contribution in [0.4, 0.5) is 22.1 Å². The summed E-state index contributed by atoms with van der Waals surface area (Å²) in [4.78, 5) is 32.2. The number of amides is 2. The number of nitrogens with zero attached hydrogens (tertiary/aromatic N) is 6. The second-order valence-electron chi connectivity index (χ2n) is 9.23. The molecule has 0 atom stereocenters. The van der Waals surface area contributed by atoms with Crippen LogP contribution in [0.25, 0.3) is 5.52 Å². The summed E-state index contributed by atoms with van der Waals surface area (Å²) in [5, 5.41) is 14.3. The summed E-state index contributed by atoms with van der Waals surface area (Å²) in [5.41, 5.74) is 9.19. The molecule has 0 spiro atoms. The van der Waals surface area contributed by atoms with Crippen molar-refractivity contribution in [1.29, 1.82) is 0 Å². The lowest BCUT2D eigenvalue weighted by Crippen LogP contribution is -2.21. The van der Waals surface area contributed by atoms with Gasteiger partial charge in [0.25, 0.3) is 0 Å². The molecule has 1 saturated carbocycles. The van der Waals surface area contributed by atoms with E-state index in [4.69, 9.17) is 5.73 Å². The molecule has 4 N–H and O–H groups in total. The van der Waals surface area contributed by atoms with E-state index in [9.17, 15) is 9.59 Å². The summed E-state index contributed by atoms with van der Waals surface area (Å²) in [6.45, 7) is 0.549. The molecule has 1 aromatic carbocycles. The van der Waals surface area contributed by atoms with E-state index in [1.54, 1.807) is 42.1 Å². The maximum atomic E-state index is 13.5. The molecule has 2 amide bonds. The molecule has 1 aliphatic carbocycles. The number of carbonyl (C=O) groups excluding carboxylic acids is 2. The van der Waals surface area contributed by atoms with Crippen molar-refractivity contribution in [3.8, 4) is 11.8 Å². The number of nitrogens with two attached hydrogens (primary N) is 1. The lowest BCUT2D eigenvalue weighted by molar-refractivity contribution is 0.104. The number of anilines is 3. The van der Waals surface area contributed by atoms with Gasteiger partial charge in [0.05, 0.1) is 17.8 Å². The third-order valence-corrected chi connectivity index (χ3v) is 5.96. The smallest absolute Gasteiger partial charge is 0.324 e. The van der Waals surface area contributed by atoms with Crippen LogP contribution in [0.5, 0.6) is 0 Å². The Labute approximate surface area is 213 Å². The number of benzene rings is 1. The van der Waals surface area contributed by atoms with E-state index < -0.39 is 6.03 Å². The van der Waals surface area contributed by atoms with Crippen LogP contribution in [0.2, 0.25) is 0 Å². The average molecular weight is 498 g/mol. The zero-order valence-electron chi connectivity index (χ0n) is 20.8. The van der Waals surface area contributed by atoms with Gasteiger partial charge >= 0.3 is 6.03 Å². The van der Waals surface area contributed by atoms with Gasteiger partial charge in [-0.2, -0.15) is 10.2 Å². The molecule has 0 saturated heterocycles. The van der Waals surface area contributed by atoms with Crippen molar-refractivity contribution >= 4 is 34.7 Å². The van der Waals surface area contributed by atoms with E-state index in [0.29, 0.717) is 46.3 Å². The third kappa shape index (κ3) is 5.14. The minimum Gasteiger partial charge on any atom is -0.382 e. The van der Waals surface area contributed by atoms with Gasteiger partial charge in [-0.1, -0.05) is 18.1 Å². The predicted molar refractivity (Wildman–Crippen MR) is 141 cm³/mol. The van der Waals surface area contributed by atoms with E-state index in [0.717, 1.165) is 18.5 Å². The number of hydrogen-bond acceptors (Lipinski definition) is 7. The average Bonchev–Trinajstić information content (AvgIpc) is 3.56. The van der Waals surface area contributed by atoms with Gasteiger partial charge in [-0.05, 0) is 51.1 Å². The summed E-state index contributed by atoms with van der Waals surface area (Å²) >= 11 is 0. The zero-order valence-corrected chi connectivity index (χ0v) is 20.8. The Bertz CT molecular complexity index is 1570. The highest BCUT2D eigenvalue weighted by Gasteiger charge is 2.27. The van der Waals surface area contributed by atoms with E-state index >= 15 is 0 Å². The first-order chi connectivity index (χ1) is 17.8. The number of fused-ring (bicyclic) bond motifs is 1. The minimum absolute atomic E-state index is 0.175. The molecular weight excluding hydrogens is 470 g/mol. The molecule has 3 heterocycles. The molecule has 4 aromatic rings. The van der Waals surface area contributed by atoms with E-state index in [-0.39, 0.29) is 11.6 Å². The van der Waals surface area contributed by atoms with Crippen molar-refractivity contribution in [3.05, 3.63) is 65.2 Å². The van der Waals surface area contributed by atoms with Crippen molar-refractivity contribution in [3.63, 3.8) is 0 Å². The molecule has 0 unspecified atom stereocenters. The first kappa shape index (κ1) is 24.0. The van der Waals surface area contributed by atoms with Gasteiger partial charge < -0.3 is 11.1 Å². The normalized spacial score (nSPS) is 12.9. The molecule has 0 bridgehead atoms. The summed E-state index contributed by atoms with van der Waals surface area (Å²) in [7, 11) is 5.63. The van der Waals surface area contributed by atoms with Crippen LogP contribution in [-0.4, -0.2) is 61.7 Å². The maximum absolute atomic E-state index is 13.5. The van der Waals surface area contributed by atoms with Crippen LogP contribution < -0.4 is 16.4 Å². The lowest BCUT2D eigenvalue weighted by Gasteiger charge is -2.09. The Kier molecular flexibility index (Phi) is 6.33. The number of urea groups is 1. The van der Waals surface area contributed by atoms with Crippen molar-refractivity contribution in [2.75, 3.05) is 37.0 Å². The quantitative estimate of drug-likeness (QED) is 0.275. The Morgan fingerprint density at radius 1 is 1.19 bits per heavy atom. The lowest BCUT2D eigenvalue weighted by atomic mass is 10.0. The molecule has 188 valence electrons. The number of aryl methyl sites for hydroxylation is 1. The fourth-order valence-corrected chi connectivity index (χ4v) is 3.98. The summed E-state index contributed by atoms with van der Waals surface area (Å²) in [5.74, 6) is 7.08. The van der Waals surface area contributed by atoms with Crippen LogP contribution >= 0.6 is 0 Å². The van der Waals surface area contributed by atoms with Gasteiger partial charge in [0, 0.05) is 30.3 Å². The predicted octanol–water partition coefficient (Wildman–Crippen LogP) is 2.71. The summed E-state index contributed by atoms with van der Waals surface area (Å²) in [6.07, 6.45) is 3.58. The van der Waals surface area contributed by atoms with Crippen LogP contribution in [0, 0.1) is 11.8 Å². The first-order valence-electron chi connectivity index (χ1n) is 11.8. The monoisotopic (exact) mass is 497 g/mol. The van der Waals surface area contributed by atoms with E-state index in [2.05, 4.69) is 37.7 Å². The number of aromatic nitrogens is 5. The Balaban J connectivity index is 1.38. The number of rotatable bonds is 6. The largest absolute Gasteiger partial charge is 0.382 e. The number of carbonyl (C=O) groups is 2. The van der Waals surface area contributed by atoms with Crippen molar-refractivity contribution in [2.24, 2.45) is 7.05 Å². The summed E-state index contributed by atoms with van der Waals surface area (Å²) in [6, 6.07) is 9.83. The fraction of sp³-hybridized carbons (Fsp3) is 0.269. The van der Waals surface area contributed by atoms with E-state index in [1.165, 1.54) is 10.8 Å². The van der Waals surface area contributed by atoms with Crippen LogP contribution in [-0.2, 0) is 7.05 Å². The standard InChI is InChI=1S/C26H27N9O2/c1-33(2)11-5-8-19-13-20(23-25(27)28-15-29-35(19)23)24(36)17-6-4-7-18(12-17)30-26(37)31-22-14-21(16-9-10-16)32-34(22)3/h4,6-7,12-16H,9-11H2,1-3H3,(H2,27,28,29)(H2,30,31,37). The first-order valence-corrected chi connectivity index (χ1v) is 11.8. The molecule has 3 aromatic heterocycles. The Morgan fingerprint density at radius 3 is 2.76 bits per heavy atom. The molecule has 1 fully saturated rings. The van der Waals surface area contributed by atoms with Crippen molar-refractivity contribution < 1.29 is 9.59 Å². The number of nitrogen functional groups attached to an aromatic ring is 1. The number of ketones is 1. The minimum atomic E-state index is -0.430. The topological polar surface area (TPSA) is 135 Å². The Hall–Kier alpha value is -4.69. The molecule has 37 heavy (non-hydrogen) atoms. The Morgan fingerprint density at radius 2 is 2.00 bits per heavy atom. The van der Waals surface area contributed by atoms with Gasteiger partial charge in [0.15, 0.2) is 11.6 Å². The van der Waals surface area contributed by atoms with E-state index in [1.807, 2.05) is 25.1 Å².